The van der Waals surface area contributed by atoms with E-state index in [4.69, 9.17) is 4.74 Å². The molecule has 0 spiro atoms. The Morgan fingerprint density at radius 2 is 1.72 bits per heavy atom. The van der Waals surface area contributed by atoms with Crippen molar-refractivity contribution in [2.75, 3.05) is 18.6 Å². The van der Waals surface area contributed by atoms with Crippen LogP contribution in [0.4, 0.5) is 4.39 Å². The summed E-state index contributed by atoms with van der Waals surface area (Å²) in [7, 11) is 1.48. The molecule has 5 heteroatoms. The van der Waals surface area contributed by atoms with Gasteiger partial charge in [-0.05, 0) is 71.1 Å². The number of rotatable bonds is 5. The Morgan fingerprint density at radius 1 is 1.00 bits per heavy atom. The number of ether oxygens (including phenoxy) is 1. The highest BCUT2D eigenvalue weighted by Crippen LogP contribution is 2.67. The van der Waals surface area contributed by atoms with Gasteiger partial charge < -0.3 is 4.74 Å². The lowest BCUT2D eigenvalue weighted by atomic mass is 9.60. The van der Waals surface area contributed by atoms with Crippen LogP contribution in [0.1, 0.15) is 49.1 Å². The second-order valence-corrected chi connectivity index (χ2v) is 11.9. The summed E-state index contributed by atoms with van der Waals surface area (Å²) >= 11 is 4.09. The number of halogens is 1. The highest BCUT2D eigenvalue weighted by molar-refractivity contribution is 8.19. The van der Waals surface area contributed by atoms with Gasteiger partial charge in [-0.3, -0.25) is 4.79 Å². The zero-order valence-electron chi connectivity index (χ0n) is 18.4. The van der Waals surface area contributed by atoms with Crippen LogP contribution in [0.3, 0.4) is 0 Å². The average Bonchev–Trinajstić information content (AvgIpc) is 3.35. The van der Waals surface area contributed by atoms with E-state index in [0.717, 1.165) is 22.6 Å². The standard InChI is InChI=1S/C27H29FO2S2/c1-30-26(29)24-22(19-11-7-14-21(28)17-19)23(18-9-3-2-4-10-18)25(24)27(20-12-5-6-13-20)31-15-8-16-32-27/h2-4,7,9-11,14,17,20,22,24H,5-6,8,12-13,15-16H2,1H3/t22-,24+/m1/s1. The van der Waals surface area contributed by atoms with E-state index in [1.54, 1.807) is 12.1 Å². The van der Waals surface area contributed by atoms with Crippen LogP contribution in [0.2, 0.25) is 0 Å². The van der Waals surface area contributed by atoms with Gasteiger partial charge in [-0.2, -0.15) is 0 Å². The number of thioether (sulfide) groups is 2. The van der Waals surface area contributed by atoms with Gasteiger partial charge in [0.2, 0.25) is 0 Å². The molecule has 0 aromatic heterocycles. The monoisotopic (exact) mass is 468 g/mol. The molecule has 2 aromatic carbocycles. The normalized spacial score (nSPS) is 25.4. The molecule has 0 radical (unpaired) electrons. The molecule has 5 rings (SSSR count). The first kappa shape index (κ1) is 22.1. The van der Waals surface area contributed by atoms with E-state index in [-0.39, 0.29) is 27.7 Å². The van der Waals surface area contributed by atoms with E-state index in [9.17, 15) is 9.18 Å². The minimum absolute atomic E-state index is 0.0946. The Balaban J connectivity index is 1.74. The first-order valence-electron chi connectivity index (χ1n) is 11.6. The molecule has 1 aliphatic heterocycles. The largest absolute Gasteiger partial charge is 0.469 e. The molecule has 32 heavy (non-hydrogen) atoms. The third-order valence-corrected chi connectivity index (χ3v) is 10.8. The summed E-state index contributed by atoms with van der Waals surface area (Å²) in [6.07, 6.45) is 6.15. The minimum Gasteiger partial charge on any atom is -0.469 e. The average molecular weight is 469 g/mol. The molecule has 1 saturated carbocycles. The maximum absolute atomic E-state index is 14.3. The van der Waals surface area contributed by atoms with Gasteiger partial charge in [-0.25, -0.2) is 4.39 Å². The molecule has 0 N–H and O–H groups in total. The molecule has 2 aliphatic carbocycles. The maximum Gasteiger partial charge on any atom is 0.313 e. The molecule has 168 valence electrons. The predicted molar refractivity (Wildman–Crippen MR) is 132 cm³/mol. The zero-order valence-corrected chi connectivity index (χ0v) is 20.0. The van der Waals surface area contributed by atoms with Crippen LogP contribution >= 0.6 is 23.5 Å². The Morgan fingerprint density at radius 3 is 2.38 bits per heavy atom. The Hall–Kier alpha value is -1.72. The molecule has 2 atom stereocenters. The summed E-state index contributed by atoms with van der Waals surface area (Å²) in [6, 6.07) is 17.1. The number of carbonyl (C=O) groups is 1. The Kier molecular flexibility index (Phi) is 6.39. The molecule has 2 nitrogen and oxygen atoms in total. The van der Waals surface area contributed by atoms with Gasteiger partial charge in [-0.15, -0.1) is 23.5 Å². The molecule has 3 aliphatic rings. The van der Waals surface area contributed by atoms with Gasteiger partial charge in [0.25, 0.3) is 0 Å². The molecule has 1 heterocycles. The second kappa shape index (κ2) is 9.26. The van der Waals surface area contributed by atoms with Crippen molar-refractivity contribution in [3.8, 4) is 0 Å². The van der Waals surface area contributed by atoms with Crippen LogP contribution in [0.15, 0.2) is 60.2 Å². The van der Waals surface area contributed by atoms with Gasteiger partial charge >= 0.3 is 5.97 Å². The van der Waals surface area contributed by atoms with E-state index in [1.807, 2.05) is 35.7 Å². The van der Waals surface area contributed by atoms with Gasteiger partial charge in [-0.1, -0.05) is 55.3 Å². The van der Waals surface area contributed by atoms with E-state index in [2.05, 4.69) is 24.3 Å². The second-order valence-electron chi connectivity index (χ2n) is 8.93. The summed E-state index contributed by atoms with van der Waals surface area (Å²) in [5.74, 6) is 1.79. The molecule has 2 aromatic rings. The lowest BCUT2D eigenvalue weighted by Crippen LogP contribution is -2.48. The first-order valence-corrected chi connectivity index (χ1v) is 13.5. The highest BCUT2D eigenvalue weighted by Gasteiger charge is 2.58. The van der Waals surface area contributed by atoms with E-state index < -0.39 is 0 Å². The quantitative estimate of drug-likeness (QED) is 0.445. The van der Waals surface area contributed by atoms with Crippen LogP contribution in [0.5, 0.6) is 0 Å². The van der Waals surface area contributed by atoms with Crippen molar-refractivity contribution < 1.29 is 13.9 Å². The number of allylic oxidation sites excluding steroid dienone is 1. The molecule has 1 saturated heterocycles. The highest BCUT2D eigenvalue weighted by atomic mass is 32.2. The fraction of sp³-hybridized carbons (Fsp3) is 0.444. The van der Waals surface area contributed by atoms with Gasteiger partial charge in [0.1, 0.15) is 5.82 Å². The molecule has 0 unspecified atom stereocenters. The number of hydrogen-bond acceptors (Lipinski definition) is 4. The van der Waals surface area contributed by atoms with Gasteiger partial charge in [0.05, 0.1) is 17.1 Å². The number of methoxy groups -OCH3 is 1. The van der Waals surface area contributed by atoms with E-state index in [0.29, 0.717) is 5.92 Å². The first-order chi connectivity index (χ1) is 15.7. The van der Waals surface area contributed by atoms with Crippen molar-refractivity contribution >= 4 is 35.1 Å². The zero-order chi connectivity index (χ0) is 22.1. The smallest absolute Gasteiger partial charge is 0.313 e. The number of esters is 1. The molecule has 0 bridgehead atoms. The lowest BCUT2D eigenvalue weighted by Gasteiger charge is -2.53. The predicted octanol–water partition coefficient (Wildman–Crippen LogP) is 6.92. The SMILES string of the molecule is COC(=O)[C@@H]1C(C2(C3CCCC3)SCCCS2)=C(c2ccccc2)[C@H]1c1cccc(F)c1. The van der Waals surface area contributed by atoms with Crippen LogP contribution in [-0.2, 0) is 9.53 Å². The molecule has 2 fully saturated rings. The number of hydrogen-bond donors (Lipinski definition) is 0. The van der Waals surface area contributed by atoms with Crippen molar-refractivity contribution in [2.24, 2.45) is 11.8 Å². The summed E-state index contributed by atoms with van der Waals surface area (Å²) < 4.78 is 19.5. The number of benzene rings is 2. The van der Waals surface area contributed by atoms with Crippen LogP contribution < -0.4 is 0 Å². The molecular weight excluding hydrogens is 439 g/mol. The number of carbonyl (C=O) groups excluding carboxylic acids is 1. The lowest BCUT2D eigenvalue weighted by molar-refractivity contribution is -0.145. The van der Waals surface area contributed by atoms with Crippen molar-refractivity contribution in [1.29, 1.82) is 0 Å². The summed E-state index contributed by atoms with van der Waals surface area (Å²) in [4.78, 5) is 13.3. The van der Waals surface area contributed by atoms with Crippen molar-refractivity contribution in [2.45, 2.75) is 42.1 Å². The topological polar surface area (TPSA) is 26.3 Å². The maximum atomic E-state index is 14.3. The Bertz CT molecular complexity index is 1010. The van der Waals surface area contributed by atoms with Crippen molar-refractivity contribution in [3.05, 3.63) is 77.1 Å². The molecular formula is C27H29FO2S2. The molecule has 0 amide bonds. The summed E-state index contributed by atoms with van der Waals surface area (Å²) in [6.45, 7) is 0. The van der Waals surface area contributed by atoms with Crippen molar-refractivity contribution in [3.63, 3.8) is 0 Å². The van der Waals surface area contributed by atoms with Crippen LogP contribution in [-0.4, -0.2) is 28.7 Å². The Labute approximate surface area is 198 Å². The van der Waals surface area contributed by atoms with Crippen LogP contribution in [0, 0.1) is 17.7 Å². The van der Waals surface area contributed by atoms with Crippen LogP contribution in [0.25, 0.3) is 5.57 Å². The van der Waals surface area contributed by atoms with E-state index in [1.165, 1.54) is 56.4 Å². The summed E-state index contributed by atoms with van der Waals surface area (Å²) in [5.41, 5.74) is 4.45. The van der Waals surface area contributed by atoms with Gasteiger partial charge in [0.15, 0.2) is 0 Å². The van der Waals surface area contributed by atoms with Gasteiger partial charge in [0, 0.05) is 5.92 Å². The summed E-state index contributed by atoms with van der Waals surface area (Å²) in [5, 5.41) is 0. The fourth-order valence-corrected chi connectivity index (χ4v) is 9.76. The fourth-order valence-electron chi connectivity index (χ4n) is 5.83. The minimum atomic E-state index is -0.365. The third-order valence-electron chi connectivity index (χ3n) is 7.18. The van der Waals surface area contributed by atoms with Crippen molar-refractivity contribution in [1.82, 2.24) is 0 Å². The van der Waals surface area contributed by atoms with E-state index >= 15 is 0 Å². The third kappa shape index (κ3) is 3.71.